The zero-order valence-electron chi connectivity index (χ0n) is 16.2. The van der Waals surface area contributed by atoms with E-state index in [4.69, 9.17) is 14.2 Å². The van der Waals surface area contributed by atoms with Gasteiger partial charge in [0.05, 0.1) is 14.2 Å². The first-order valence-corrected chi connectivity index (χ1v) is 9.24. The molecule has 1 aliphatic carbocycles. The summed E-state index contributed by atoms with van der Waals surface area (Å²) in [6.45, 7) is -0.339. The molecule has 0 atom stereocenters. The van der Waals surface area contributed by atoms with Gasteiger partial charge < -0.3 is 14.2 Å². The van der Waals surface area contributed by atoms with Gasteiger partial charge in [0, 0.05) is 11.6 Å². The van der Waals surface area contributed by atoms with Crippen LogP contribution in [0.3, 0.4) is 0 Å². The number of benzene rings is 3. The van der Waals surface area contributed by atoms with Gasteiger partial charge in [-0.2, -0.15) is 0 Å². The highest BCUT2D eigenvalue weighted by atomic mass is 16.5. The van der Waals surface area contributed by atoms with Crippen molar-refractivity contribution in [1.29, 1.82) is 0 Å². The molecule has 3 aromatic rings. The molecular weight excluding hydrogens is 368 g/mol. The van der Waals surface area contributed by atoms with Crippen LogP contribution < -0.4 is 9.47 Å². The Balaban J connectivity index is 1.48. The van der Waals surface area contributed by atoms with Gasteiger partial charge >= 0.3 is 5.97 Å². The lowest BCUT2D eigenvalue weighted by molar-refractivity contribution is 0.0471. The molecule has 1 aliphatic rings. The second-order valence-corrected chi connectivity index (χ2v) is 6.77. The SMILES string of the molecule is COc1ccc(C(=O)OCC(=O)c2ccc3c(c2)-c2ccccc2C3)c(OC)c1. The Hall–Kier alpha value is -3.60. The molecule has 5 heteroatoms. The van der Waals surface area contributed by atoms with Gasteiger partial charge in [0.1, 0.15) is 17.1 Å². The Morgan fingerprint density at radius 1 is 0.862 bits per heavy atom. The number of carbonyl (C=O) groups is 2. The van der Waals surface area contributed by atoms with Gasteiger partial charge in [-0.3, -0.25) is 4.79 Å². The molecule has 0 amide bonds. The zero-order chi connectivity index (χ0) is 20.4. The summed E-state index contributed by atoms with van der Waals surface area (Å²) in [7, 11) is 2.99. The predicted molar refractivity (Wildman–Crippen MR) is 109 cm³/mol. The average Bonchev–Trinajstić information content (AvgIpc) is 3.14. The van der Waals surface area contributed by atoms with Crippen molar-refractivity contribution < 1.29 is 23.8 Å². The molecule has 29 heavy (non-hydrogen) atoms. The summed E-state index contributed by atoms with van der Waals surface area (Å²) in [6, 6.07) is 18.6. The summed E-state index contributed by atoms with van der Waals surface area (Å²) in [5.74, 6) is 0.0196. The van der Waals surface area contributed by atoms with Crippen LogP contribution in [0.2, 0.25) is 0 Å². The number of hydrogen-bond acceptors (Lipinski definition) is 5. The fraction of sp³-hybridized carbons (Fsp3) is 0.167. The quantitative estimate of drug-likeness (QED) is 0.364. The van der Waals surface area contributed by atoms with E-state index in [9.17, 15) is 9.59 Å². The number of ether oxygens (including phenoxy) is 3. The molecule has 3 aromatic carbocycles. The first-order chi connectivity index (χ1) is 14.1. The summed E-state index contributed by atoms with van der Waals surface area (Å²) in [6.07, 6.45) is 0.867. The lowest BCUT2D eigenvalue weighted by Crippen LogP contribution is -2.15. The number of hydrogen-bond donors (Lipinski definition) is 0. The molecule has 0 radical (unpaired) electrons. The van der Waals surface area contributed by atoms with Crippen LogP contribution in [0.1, 0.15) is 31.8 Å². The highest BCUT2D eigenvalue weighted by molar-refractivity contribution is 6.01. The average molecular weight is 388 g/mol. The molecule has 0 saturated carbocycles. The number of esters is 1. The Morgan fingerprint density at radius 3 is 2.45 bits per heavy atom. The van der Waals surface area contributed by atoms with E-state index in [0.29, 0.717) is 17.1 Å². The molecule has 4 rings (SSSR count). The van der Waals surface area contributed by atoms with Crippen LogP contribution in [0.15, 0.2) is 60.7 Å². The van der Waals surface area contributed by atoms with Crippen molar-refractivity contribution in [2.45, 2.75) is 6.42 Å². The number of fused-ring (bicyclic) bond motifs is 3. The third kappa shape index (κ3) is 3.59. The Kier molecular flexibility index (Phi) is 5.04. The Morgan fingerprint density at radius 2 is 1.66 bits per heavy atom. The topological polar surface area (TPSA) is 61.8 Å². The normalized spacial score (nSPS) is 11.4. The van der Waals surface area contributed by atoms with Gasteiger partial charge in [0.25, 0.3) is 0 Å². The molecule has 0 heterocycles. The van der Waals surface area contributed by atoms with Gasteiger partial charge in [-0.05, 0) is 46.9 Å². The fourth-order valence-corrected chi connectivity index (χ4v) is 3.56. The van der Waals surface area contributed by atoms with Gasteiger partial charge in [-0.1, -0.05) is 36.4 Å². The molecule has 0 unspecified atom stereocenters. The number of methoxy groups -OCH3 is 2. The zero-order valence-corrected chi connectivity index (χ0v) is 16.2. The molecule has 5 nitrogen and oxygen atoms in total. The van der Waals surface area contributed by atoms with E-state index in [-0.39, 0.29) is 18.0 Å². The van der Waals surface area contributed by atoms with Crippen molar-refractivity contribution in [3.8, 4) is 22.6 Å². The van der Waals surface area contributed by atoms with Gasteiger partial charge in [-0.25, -0.2) is 4.79 Å². The van der Waals surface area contributed by atoms with E-state index >= 15 is 0 Å². The number of ketones is 1. The lowest BCUT2D eigenvalue weighted by Gasteiger charge is -2.10. The van der Waals surface area contributed by atoms with E-state index in [2.05, 4.69) is 12.1 Å². The molecule has 0 saturated heterocycles. The van der Waals surface area contributed by atoms with Crippen LogP contribution in [0.25, 0.3) is 11.1 Å². The van der Waals surface area contributed by atoms with Crippen LogP contribution in [0.4, 0.5) is 0 Å². The summed E-state index contributed by atoms with van der Waals surface area (Å²) < 4.78 is 15.6. The van der Waals surface area contributed by atoms with Crippen molar-refractivity contribution in [1.82, 2.24) is 0 Å². The van der Waals surface area contributed by atoms with Crippen molar-refractivity contribution in [2.24, 2.45) is 0 Å². The maximum absolute atomic E-state index is 12.6. The van der Waals surface area contributed by atoms with Crippen LogP contribution in [0, 0.1) is 0 Å². The molecule has 0 N–H and O–H groups in total. The minimum absolute atomic E-state index is 0.240. The Labute approximate surface area is 168 Å². The number of Topliss-reactive ketones (excluding diaryl/α,β-unsaturated/α-hetero) is 1. The highest BCUT2D eigenvalue weighted by Crippen LogP contribution is 2.36. The largest absolute Gasteiger partial charge is 0.497 e. The van der Waals surface area contributed by atoms with Crippen molar-refractivity contribution in [3.05, 3.63) is 82.9 Å². The van der Waals surface area contributed by atoms with E-state index in [1.807, 2.05) is 24.3 Å². The molecule has 0 aliphatic heterocycles. The maximum atomic E-state index is 12.6. The van der Waals surface area contributed by atoms with Crippen LogP contribution >= 0.6 is 0 Å². The summed E-state index contributed by atoms with van der Waals surface area (Å²) >= 11 is 0. The second kappa shape index (κ2) is 7.80. The third-order valence-electron chi connectivity index (χ3n) is 5.08. The molecule has 0 fully saturated rings. The molecular formula is C24H20O5. The summed E-state index contributed by atoms with van der Waals surface area (Å²) in [5, 5.41) is 0. The smallest absolute Gasteiger partial charge is 0.342 e. The highest BCUT2D eigenvalue weighted by Gasteiger charge is 2.21. The van der Waals surface area contributed by atoms with Gasteiger partial charge in [-0.15, -0.1) is 0 Å². The van der Waals surface area contributed by atoms with Crippen molar-refractivity contribution in [2.75, 3.05) is 20.8 Å². The first kappa shape index (κ1) is 18.7. The molecule has 0 spiro atoms. The third-order valence-corrected chi connectivity index (χ3v) is 5.08. The van der Waals surface area contributed by atoms with E-state index in [1.54, 1.807) is 24.3 Å². The number of carbonyl (C=O) groups excluding carboxylic acids is 2. The minimum atomic E-state index is -0.621. The second-order valence-electron chi connectivity index (χ2n) is 6.77. The lowest BCUT2D eigenvalue weighted by atomic mass is 10.0. The standard InChI is InChI=1S/C24H20O5/c1-27-18-9-10-20(23(13-18)28-2)24(26)29-14-22(25)17-8-7-16-11-15-5-3-4-6-19(15)21(16)12-17/h3-10,12-13H,11,14H2,1-2H3. The fourth-order valence-electron chi connectivity index (χ4n) is 3.56. The van der Waals surface area contributed by atoms with E-state index < -0.39 is 5.97 Å². The minimum Gasteiger partial charge on any atom is -0.497 e. The molecule has 0 bridgehead atoms. The summed E-state index contributed by atoms with van der Waals surface area (Å²) in [4.78, 5) is 25.0. The van der Waals surface area contributed by atoms with Gasteiger partial charge in [0.2, 0.25) is 0 Å². The molecule has 0 aromatic heterocycles. The Bertz CT molecular complexity index is 1100. The monoisotopic (exact) mass is 388 g/mol. The van der Waals surface area contributed by atoms with Crippen LogP contribution in [0.5, 0.6) is 11.5 Å². The molecule has 146 valence electrons. The van der Waals surface area contributed by atoms with Crippen LogP contribution in [-0.2, 0) is 11.2 Å². The summed E-state index contributed by atoms with van der Waals surface area (Å²) in [5.41, 5.74) is 5.43. The number of rotatable bonds is 6. The van der Waals surface area contributed by atoms with Crippen LogP contribution in [-0.4, -0.2) is 32.6 Å². The predicted octanol–water partition coefficient (Wildman–Crippen LogP) is 4.31. The maximum Gasteiger partial charge on any atom is 0.342 e. The van der Waals surface area contributed by atoms with Crippen molar-refractivity contribution in [3.63, 3.8) is 0 Å². The van der Waals surface area contributed by atoms with E-state index in [1.165, 1.54) is 25.3 Å². The van der Waals surface area contributed by atoms with Crippen molar-refractivity contribution >= 4 is 11.8 Å². The van der Waals surface area contributed by atoms with E-state index in [0.717, 1.165) is 17.5 Å². The van der Waals surface area contributed by atoms with Gasteiger partial charge in [0.15, 0.2) is 12.4 Å². The first-order valence-electron chi connectivity index (χ1n) is 9.24.